The Morgan fingerprint density at radius 3 is 2.37 bits per heavy atom. The minimum atomic E-state index is -0.231. The third kappa shape index (κ3) is 3.66. The molecule has 1 amide bonds. The van der Waals surface area contributed by atoms with Gasteiger partial charge in [0.1, 0.15) is 0 Å². The molecule has 0 saturated heterocycles. The second kappa shape index (κ2) is 6.33. The number of anilines is 1. The molecule has 5 heteroatoms. The lowest BCUT2D eigenvalue weighted by Gasteiger charge is -2.09. The highest BCUT2D eigenvalue weighted by Crippen LogP contribution is 2.26. The second-order valence-corrected chi connectivity index (χ2v) is 5.53. The summed E-state index contributed by atoms with van der Waals surface area (Å²) in [7, 11) is 0. The molecule has 98 valence electrons. The van der Waals surface area contributed by atoms with Crippen LogP contribution >= 0.6 is 35.0 Å². The highest BCUT2D eigenvalue weighted by Gasteiger charge is 2.10. The van der Waals surface area contributed by atoms with Gasteiger partial charge in [-0.2, -0.15) is 0 Å². The van der Waals surface area contributed by atoms with Crippen molar-refractivity contribution in [3.05, 3.63) is 58.1 Å². The van der Waals surface area contributed by atoms with Gasteiger partial charge in [0.25, 0.3) is 5.91 Å². The van der Waals surface area contributed by atoms with Gasteiger partial charge in [0, 0.05) is 20.5 Å². The van der Waals surface area contributed by atoms with Crippen molar-refractivity contribution in [2.24, 2.45) is 0 Å². The average Bonchev–Trinajstić information content (AvgIpc) is 2.38. The molecule has 2 aromatic carbocycles. The Labute approximate surface area is 126 Å². The number of benzene rings is 2. The second-order valence-electron chi connectivity index (χ2n) is 3.81. The van der Waals surface area contributed by atoms with Gasteiger partial charge in [-0.05, 0) is 36.6 Å². The Hall–Kier alpha value is -1.16. The summed E-state index contributed by atoms with van der Waals surface area (Å²) in [6, 6.07) is 12.4. The Morgan fingerprint density at radius 2 is 1.74 bits per heavy atom. The summed E-state index contributed by atoms with van der Waals surface area (Å²) in [5, 5.41) is 3.74. The number of amides is 1. The quantitative estimate of drug-likeness (QED) is 0.811. The number of carbonyl (C=O) groups is 1. The fourth-order valence-electron chi connectivity index (χ4n) is 1.63. The number of hydrogen-bond donors (Lipinski definition) is 1. The van der Waals surface area contributed by atoms with Crippen LogP contribution < -0.4 is 5.32 Å². The molecular formula is C14H11Cl2NOS. The van der Waals surface area contributed by atoms with Gasteiger partial charge in [-0.15, -0.1) is 11.8 Å². The first-order chi connectivity index (χ1) is 9.10. The van der Waals surface area contributed by atoms with E-state index in [0.717, 1.165) is 10.6 Å². The van der Waals surface area contributed by atoms with E-state index >= 15 is 0 Å². The van der Waals surface area contributed by atoms with Crippen LogP contribution in [0, 0.1) is 0 Å². The fourth-order valence-corrected chi connectivity index (χ4v) is 2.71. The Balaban J connectivity index is 2.25. The van der Waals surface area contributed by atoms with Gasteiger partial charge in [0.15, 0.2) is 0 Å². The first kappa shape index (κ1) is 14.3. The van der Waals surface area contributed by atoms with Crippen LogP contribution in [0.25, 0.3) is 0 Å². The third-order valence-electron chi connectivity index (χ3n) is 2.48. The summed E-state index contributed by atoms with van der Waals surface area (Å²) in [5.41, 5.74) is 1.21. The normalized spacial score (nSPS) is 10.3. The van der Waals surface area contributed by atoms with E-state index in [1.807, 2.05) is 30.5 Å². The van der Waals surface area contributed by atoms with Gasteiger partial charge in [0.05, 0.1) is 5.69 Å². The van der Waals surface area contributed by atoms with Gasteiger partial charge in [-0.3, -0.25) is 4.79 Å². The van der Waals surface area contributed by atoms with E-state index in [9.17, 15) is 4.79 Å². The van der Waals surface area contributed by atoms with E-state index in [1.165, 1.54) is 0 Å². The summed E-state index contributed by atoms with van der Waals surface area (Å²) in [5.74, 6) is -0.231. The third-order valence-corrected chi connectivity index (χ3v) is 3.71. The minimum Gasteiger partial charge on any atom is -0.321 e. The first-order valence-electron chi connectivity index (χ1n) is 5.50. The van der Waals surface area contributed by atoms with Crippen molar-refractivity contribution in [3.8, 4) is 0 Å². The number of nitrogens with one attached hydrogen (secondary N) is 1. The monoisotopic (exact) mass is 311 g/mol. The molecule has 0 fully saturated rings. The molecule has 0 atom stereocenters. The van der Waals surface area contributed by atoms with E-state index in [0.29, 0.717) is 15.6 Å². The molecule has 0 unspecified atom stereocenters. The van der Waals surface area contributed by atoms with Crippen molar-refractivity contribution in [3.63, 3.8) is 0 Å². The van der Waals surface area contributed by atoms with E-state index in [2.05, 4.69) is 5.32 Å². The number of thioether (sulfide) groups is 1. The molecule has 2 rings (SSSR count). The predicted molar refractivity (Wildman–Crippen MR) is 82.6 cm³/mol. The number of carbonyl (C=O) groups excluding carboxylic acids is 1. The lowest BCUT2D eigenvalue weighted by Crippen LogP contribution is -2.12. The Morgan fingerprint density at radius 1 is 1.11 bits per heavy atom. The van der Waals surface area contributed by atoms with E-state index < -0.39 is 0 Å². The van der Waals surface area contributed by atoms with Crippen LogP contribution in [0.3, 0.4) is 0 Å². The molecule has 1 N–H and O–H groups in total. The van der Waals surface area contributed by atoms with Crippen molar-refractivity contribution >= 4 is 46.6 Å². The van der Waals surface area contributed by atoms with E-state index in [1.54, 1.807) is 30.0 Å². The van der Waals surface area contributed by atoms with Crippen LogP contribution in [0.15, 0.2) is 47.4 Å². The number of rotatable bonds is 3. The lowest BCUT2D eigenvalue weighted by atomic mass is 10.2. The van der Waals surface area contributed by atoms with Gasteiger partial charge < -0.3 is 5.32 Å². The molecule has 0 radical (unpaired) electrons. The molecule has 0 bridgehead atoms. The van der Waals surface area contributed by atoms with E-state index in [4.69, 9.17) is 23.2 Å². The number of para-hydroxylation sites is 1. The van der Waals surface area contributed by atoms with Crippen LogP contribution in [0.4, 0.5) is 5.69 Å². The zero-order valence-corrected chi connectivity index (χ0v) is 12.4. The standard InChI is InChI=1S/C14H11Cl2NOS/c1-19-13-5-3-2-4-12(13)17-14(18)9-6-10(15)8-11(16)7-9/h2-8H,1H3,(H,17,18). The van der Waals surface area contributed by atoms with Crippen molar-refractivity contribution in [2.75, 3.05) is 11.6 Å². The minimum absolute atomic E-state index is 0.231. The summed E-state index contributed by atoms with van der Waals surface area (Å²) in [4.78, 5) is 13.2. The Bertz CT molecular complexity index is 596. The van der Waals surface area contributed by atoms with Gasteiger partial charge in [-0.25, -0.2) is 0 Å². The Kier molecular flexibility index (Phi) is 4.75. The SMILES string of the molecule is CSc1ccccc1NC(=O)c1cc(Cl)cc(Cl)c1. The first-order valence-corrected chi connectivity index (χ1v) is 7.48. The van der Waals surface area contributed by atoms with Crippen LogP contribution in [0.1, 0.15) is 10.4 Å². The molecule has 0 aliphatic carbocycles. The predicted octanol–water partition coefficient (Wildman–Crippen LogP) is 4.97. The summed E-state index contributed by atoms with van der Waals surface area (Å²) in [6.07, 6.45) is 1.96. The molecule has 0 aliphatic heterocycles. The molecule has 2 aromatic rings. The van der Waals surface area contributed by atoms with Crippen LogP contribution in [-0.2, 0) is 0 Å². The van der Waals surface area contributed by atoms with Crippen LogP contribution in [-0.4, -0.2) is 12.2 Å². The molecule has 0 heterocycles. The maximum Gasteiger partial charge on any atom is 0.255 e. The fraction of sp³-hybridized carbons (Fsp3) is 0.0714. The van der Waals surface area contributed by atoms with Gasteiger partial charge in [0.2, 0.25) is 0 Å². The van der Waals surface area contributed by atoms with Crippen molar-refractivity contribution in [1.82, 2.24) is 0 Å². The maximum atomic E-state index is 12.1. The highest BCUT2D eigenvalue weighted by atomic mass is 35.5. The number of halogens is 2. The van der Waals surface area contributed by atoms with Gasteiger partial charge in [-0.1, -0.05) is 35.3 Å². The van der Waals surface area contributed by atoms with Gasteiger partial charge >= 0.3 is 0 Å². The molecule has 0 aliphatic rings. The van der Waals surface area contributed by atoms with Crippen molar-refractivity contribution in [1.29, 1.82) is 0 Å². The molecule has 0 aromatic heterocycles. The average molecular weight is 312 g/mol. The smallest absolute Gasteiger partial charge is 0.255 e. The van der Waals surface area contributed by atoms with Crippen LogP contribution in [0.5, 0.6) is 0 Å². The van der Waals surface area contributed by atoms with E-state index in [-0.39, 0.29) is 5.91 Å². The maximum absolute atomic E-state index is 12.1. The molecule has 0 spiro atoms. The lowest BCUT2D eigenvalue weighted by molar-refractivity contribution is 0.102. The molecular weight excluding hydrogens is 301 g/mol. The molecule has 2 nitrogen and oxygen atoms in total. The summed E-state index contributed by atoms with van der Waals surface area (Å²) < 4.78 is 0. The molecule has 19 heavy (non-hydrogen) atoms. The zero-order chi connectivity index (χ0) is 13.8. The van der Waals surface area contributed by atoms with Crippen molar-refractivity contribution in [2.45, 2.75) is 4.90 Å². The summed E-state index contributed by atoms with van der Waals surface area (Å²) >= 11 is 13.3. The number of hydrogen-bond acceptors (Lipinski definition) is 2. The van der Waals surface area contributed by atoms with Crippen molar-refractivity contribution < 1.29 is 4.79 Å². The largest absolute Gasteiger partial charge is 0.321 e. The topological polar surface area (TPSA) is 29.1 Å². The van der Waals surface area contributed by atoms with Crippen LogP contribution in [0.2, 0.25) is 10.0 Å². The highest BCUT2D eigenvalue weighted by molar-refractivity contribution is 7.98. The summed E-state index contributed by atoms with van der Waals surface area (Å²) in [6.45, 7) is 0. The zero-order valence-electron chi connectivity index (χ0n) is 10.1. The molecule has 0 saturated carbocycles.